The maximum Gasteiger partial charge on any atom is 0.126 e. The summed E-state index contributed by atoms with van der Waals surface area (Å²) < 4.78 is 13.0. The molecule has 0 radical (unpaired) electrons. The van der Waals surface area contributed by atoms with Gasteiger partial charge in [0.1, 0.15) is 5.82 Å². The molecule has 0 bridgehead atoms. The SMILES string of the molecule is Cc1cc(CN(C)CCC#N)ccc1F. The molecule has 0 unspecified atom stereocenters. The second kappa shape index (κ2) is 5.47. The van der Waals surface area contributed by atoms with Crippen molar-refractivity contribution in [2.75, 3.05) is 13.6 Å². The van der Waals surface area contributed by atoms with Gasteiger partial charge in [-0.2, -0.15) is 5.26 Å². The third-order valence-corrected chi connectivity index (χ3v) is 2.28. The molecule has 80 valence electrons. The fraction of sp³-hybridized carbons (Fsp3) is 0.417. The van der Waals surface area contributed by atoms with Crippen molar-refractivity contribution in [1.82, 2.24) is 4.90 Å². The molecule has 0 aliphatic carbocycles. The molecule has 0 N–H and O–H groups in total. The van der Waals surface area contributed by atoms with Gasteiger partial charge in [0.05, 0.1) is 6.07 Å². The van der Waals surface area contributed by atoms with Gasteiger partial charge >= 0.3 is 0 Å². The van der Waals surface area contributed by atoms with E-state index in [0.29, 0.717) is 12.0 Å². The zero-order valence-electron chi connectivity index (χ0n) is 9.13. The van der Waals surface area contributed by atoms with Gasteiger partial charge in [-0.3, -0.25) is 0 Å². The molecule has 0 saturated heterocycles. The lowest BCUT2D eigenvalue weighted by Crippen LogP contribution is -2.18. The predicted molar refractivity (Wildman–Crippen MR) is 57.7 cm³/mol. The molecule has 1 aromatic rings. The van der Waals surface area contributed by atoms with E-state index in [0.717, 1.165) is 18.7 Å². The van der Waals surface area contributed by atoms with E-state index in [1.165, 1.54) is 6.07 Å². The second-order valence-corrected chi connectivity index (χ2v) is 3.73. The fourth-order valence-electron chi connectivity index (χ4n) is 1.44. The van der Waals surface area contributed by atoms with Gasteiger partial charge in [0.15, 0.2) is 0 Å². The van der Waals surface area contributed by atoms with Crippen molar-refractivity contribution < 1.29 is 4.39 Å². The van der Waals surface area contributed by atoms with E-state index in [1.807, 2.05) is 13.1 Å². The molecule has 0 aromatic heterocycles. The second-order valence-electron chi connectivity index (χ2n) is 3.73. The number of hydrogen-bond acceptors (Lipinski definition) is 2. The highest BCUT2D eigenvalue weighted by atomic mass is 19.1. The highest BCUT2D eigenvalue weighted by molar-refractivity contribution is 5.23. The maximum atomic E-state index is 13.0. The topological polar surface area (TPSA) is 27.0 Å². The lowest BCUT2D eigenvalue weighted by molar-refractivity contribution is 0.334. The normalized spacial score (nSPS) is 10.3. The minimum atomic E-state index is -0.168. The van der Waals surface area contributed by atoms with Gasteiger partial charge < -0.3 is 4.90 Å². The molecule has 1 rings (SSSR count). The van der Waals surface area contributed by atoms with Crippen LogP contribution < -0.4 is 0 Å². The quantitative estimate of drug-likeness (QED) is 0.756. The van der Waals surface area contributed by atoms with Crippen molar-refractivity contribution in [1.29, 1.82) is 5.26 Å². The number of rotatable bonds is 4. The Morgan fingerprint density at radius 1 is 1.47 bits per heavy atom. The smallest absolute Gasteiger partial charge is 0.126 e. The first-order chi connectivity index (χ1) is 7.13. The van der Waals surface area contributed by atoms with E-state index < -0.39 is 0 Å². The van der Waals surface area contributed by atoms with Crippen molar-refractivity contribution in [2.24, 2.45) is 0 Å². The lowest BCUT2D eigenvalue weighted by atomic mass is 10.1. The van der Waals surface area contributed by atoms with Crippen molar-refractivity contribution in [3.63, 3.8) is 0 Å². The molecule has 1 aromatic carbocycles. The number of nitrogens with zero attached hydrogens (tertiary/aromatic N) is 2. The summed E-state index contributed by atoms with van der Waals surface area (Å²) in [6.45, 7) is 3.25. The molecule has 0 heterocycles. The molecule has 0 aliphatic rings. The van der Waals surface area contributed by atoms with E-state index in [-0.39, 0.29) is 5.82 Å². The summed E-state index contributed by atoms with van der Waals surface area (Å²) >= 11 is 0. The molecule has 15 heavy (non-hydrogen) atoms. The van der Waals surface area contributed by atoms with Gasteiger partial charge in [-0.25, -0.2) is 4.39 Å². The van der Waals surface area contributed by atoms with Gasteiger partial charge in [-0.05, 0) is 31.2 Å². The molecule has 0 spiro atoms. The average Bonchev–Trinajstić information content (AvgIpc) is 2.20. The van der Waals surface area contributed by atoms with Crippen molar-refractivity contribution in [3.05, 3.63) is 35.1 Å². The Morgan fingerprint density at radius 3 is 2.80 bits per heavy atom. The first-order valence-corrected chi connectivity index (χ1v) is 4.94. The maximum absolute atomic E-state index is 13.0. The summed E-state index contributed by atoms with van der Waals surface area (Å²) in [5.41, 5.74) is 1.75. The third kappa shape index (κ3) is 3.69. The molecular formula is C12H15FN2. The van der Waals surface area contributed by atoms with Crippen molar-refractivity contribution >= 4 is 0 Å². The zero-order valence-corrected chi connectivity index (χ0v) is 9.13. The van der Waals surface area contributed by atoms with E-state index in [2.05, 4.69) is 11.0 Å². The fourth-order valence-corrected chi connectivity index (χ4v) is 1.44. The van der Waals surface area contributed by atoms with Gasteiger partial charge in [-0.1, -0.05) is 12.1 Å². The standard InChI is InChI=1S/C12H15FN2/c1-10-8-11(4-5-12(10)13)9-15(2)7-3-6-14/h4-5,8H,3,7,9H2,1-2H3. The summed E-state index contributed by atoms with van der Waals surface area (Å²) in [5.74, 6) is -0.168. The molecule has 0 fully saturated rings. The van der Waals surface area contributed by atoms with E-state index in [9.17, 15) is 4.39 Å². The number of benzene rings is 1. The molecule has 0 amide bonds. The van der Waals surface area contributed by atoms with Gasteiger partial charge in [0.2, 0.25) is 0 Å². The van der Waals surface area contributed by atoms with Crippen molar-refractivity contribution in [3.8, 4) is 6.07 Å². The van der Waals surface area contributed by atoms with Gasteiger partial charge in [-0.15, -0.1) is 0 Å². The van der Waals surface area contributed by atoms with Crippen LogP contribution in [-0.2, 0) is 6.54 Å². The summed E-state index contributed by atoms with van der Waals surface area (Å²) in [5, 5.41) is 8.44. The number of halogens is 1. The van der Waals surface area contributed by atoms with Crippen LogP contribution in [0.2, 0.25) is 0 Å². The van der Waals surface area contributed by atoms with E-state index >= 15 is 0 Å². The first-order valence-electron chi connectivity index (χ1n) is 4.94. The van der Waals surface area contributed by atoms with Gasteiger partial charge in [0.25, 0.3) is 0 Å². The molecular weight excluding hydrogens is 191 g/mol. The Hall–Kier alpha value is -1.40. The van der Waals surface area contributed by atoms with E-state index in [1.54, 1.807) is 13.0 Å². The largest absolute Gasteiger partial charge is 0.301 e. The van der Waals surface area contributed by atoms with Crippen LogP contribution in [0.1, 0.15) is 17.5 Å². The molecule has 0 aliphatic heterocycles. The Labute approximate surface area is 89.9 Å². The van der Waals surface area contributed by atoms with Crippen LogP contribution in [0.5, 0.6) is 0 Å². The number of hydrogen-bond donors (Lipinski definition) is 0. The Morgan fingerprint density at radius 2 is 2.20 bits per heavy atom. The first kappa shape index (κ1) is 11.7. The van der Waals surface area contributed by atoms with Crippen LogP contribution in [0.25, 0.3) is 0 Å². The van der Waals surface area contributed by atoms with Crippen LogP contribution in [0, 0.1) is 24.1 Å². The third-order valence-electron chi connectivity index (χ3n) is 2.28. The van der Waals surface area contributed by atoms with Gasteiger partial charge in [0, 0.05) is 19.5 Å². The summed E-state index contributed by atoms with van der Waals surface area (Å²) in [6.07, 6.45) is 0.524. The number of aryl methyl sites for hydroxylation is 1. The van der Waals surface area contributed by atoms with Crippen LogP contribution in [-0.4, -0.2) is 18.5 Å². The Bertz CT molecular complexity index is 368. The van der Waals surface area contributed by atoms with Crippen molar-refractivity contribution in [2.45, 2.75) is 19.9 Å². The molecule has 0 atom stereocenters. The van der Waals surface area contributed by atoms with Crippen LogP contribution in [0.15, 0.2) is 18.2 Å². The monoisotopic (exact) mass is 206 g/mol. The van der Waals surface area contributed by atoms with Crippen LogP contribution in [0.3, 0.4) is 0 Å². The average molecular weight is 206 g/mol. The van der Waals surface area contributed by atoms with Crippen LogP contribution >= 0.6 is 0 Å². The number of nitriles is 1. The Balaban J connectivity index is 2.57. The zero-order chi connectivity index (χ0) is 11.3. The minimum absolute atomic E-state index is 0.168. The lowest BCUT2D eigenvalue weighted by Gasteiger charge is -2.15. The molecule has 2 nitrogen and oxygen atoms in total. The highest BCUT2D eigenvalue weighted by Crippen LogP contribution is 2.10. The minimum Gasteiger partial charge on any atom is -0.301 e. The van der Waals surface area contributed by atoms with E-state index in [4.69, 9.17) is 5.26 Å². The molecule has 3 heteroatoms. The summed E-state index contributed by atoms with van der Waals surface area (Å²) in [6, 6.07) is 7.22. The highest BCUT2D eigenvalue weighted by Gasteiger charge is 2.02. The summed E-state index contributed by atoms with van der Waals surface area (Å²) in [7, 11) is 1.95. The molecule has 0 saturated carbocycles. The van der Waals surface area contributed by atoms with Crippen LogP contribution in [0.4, 0.5) is 4.39 Å². The summed E-state index contributed by atoms with van der Waals surface area (Å²) in [4.78, 5) is 2.05. The predicted octanol–water partition coefficient (Wildman–Crippen LogP) is 2.48. The Kier molecular flexibility index (Phi) is 4.26.